The molecule has 0 N–H and O–H groups in total. The molecule has 2 aliphatic carbocycles. The molecule has 1 aromatic carbocycles. The van der Waals surface area contributed by atoms with E-state index in [0.29, 0.717) is 18.7 Å². The minimum absolute atomic E-state index is 0.213. The number of amides is 1. The molecule has 0 bridgehead atoms. The Kier molecular flexibility index (Phi) is 4.70. The highest BCUT2D eigenvalue weighted by Gasteiger charge is 2.38. The molecule has 0 spiro atoms. The van der Waals surface area contributed by atoms with Crippen molar-refractivity contribution >= 4 is 5.91 Å². The summed E-state index contributed by atoms with van der Waals surface area (Å²) in [7, 11) is 0. The van der Waals surface area contributed by atoms with Gasteiger partial charge in [-0.2, -0.15) is 0 Å². The average molecular weight is 301 g/mol. The summed E-state index contributed by atoms with van der Waals surface area (Å²) in [6.07, 6.45) is 7.19. The van der Waals surface area contributed by atoms with Crippen LogP contribution >= 0.6 is 0 Å². The van der Waals surface area contributed by atoms with Crippen molar-refractivity contribution in [2.45, 2.75) is 64.5 Å². The van der Waals surface area contributed by atoms with Gasteiger partial charge < -0.3 is 9.64 Å². The van der Waals surface area contributed by atoms with Gasteiger partial charge in [-0.05, 0) is 75.6 Å². The largest absolute Gasteiger partial charge is 0.494 e. The van der Waals surface area contributed by atoms with E-state index in [0.717, 1.165) is 17.2 Å². The third kappa shape index (κ3) is 3.45. The van der Waals surface area contributed by atoms with Crippen LogP contribution in [0.5, 0.6) is 5.75 Å². The van der Waals surface area contributed by atoms with Crippen molar-refractivity contribution in [2.24, 2.45) is 5.92 Å². The fourth-order valence-electron chi connectivity index (χ4n) is 3.51. The smallest absolute Gasteiger partial charge is 0.254 e. The normalized spacial score (nSPS) is 24.8. The molecule has 3 rings (SSSR count). The molecule has 0 radical (unpaired) electrons. The number of nitrogens with zero attached hydrogens (tertiary/aromatic N) is 1. The monoisotopic (exact) mass is 301 g/mol. The lowest BCUT2D eigenvalue weighted by atomic mass is 9.86. The van der Waals surface area contributed by atoms with E-state index >= 15 is 0 Å². The van der Waals surface area contributed by atoms with Gasteiger partial charge in [-0.1, -0.05) is 6.92 Å². The lowest BCUT2D eigenvalue weighted by molar-refractivity contribution is 0.0593. The summed E-state index contributed by atoms with van der Waals surface area (Å²) in [5, 5.41) is 0. The Labute approximate surface area is 133 Å². The summed E-state index contributed by atoms with van der Waals surface area (Å²) < 4.78 is 5.46. The van der Waals surface area contributed by atoms with Gasteiger partial charge in [0.1, 0.15) is 5.75 Å². The molecule has 2 aliphatic rings. The van der Waals surface area contributed by atoms with Gasteiger partial charge in [-0.3, -0.25) is 4.79 Å². The molecule has 1 amide bonds. The fourth-order valence-corrected chi connectivity index (χ4v) is 3.51. The molecule has 1 aromatic rings. The van der Waals surface area contributed by atoms with E-state index in [9.17, 15) is 4.79 Å². The van der Waals surface area contributed by atoms with Crippen LogP contribution in [0.1, 0.15) is 62.7 Å². The third-order valence-electron chi connectivity index (χ3n) is 4.97. The molecule has 2 fully saturated rings. The third-order valence-corrected chi connectivity index (χ3v) is 4.97. The lowest BCUT2D eigenvalue weighted by Gasteiger charge is -2.36. The molecule has 22 heavy (non-hydrogen) atoms. The standard InChI is InChI=1S/C19H27NO2/c1-3-22-18-12-6-15(7-13-18)19(21)20(17-10-11-17)16-8-4-14(2)5-9-16/h6-7,12-14,16-17H,3-5,8-11H2,1-2H3. The van der Waals surface area contributed by atoms with E-state index < -0.39 is 0 Å². The van der Waals surface area contributed by atoms with Crippen LogP contribution in [-0.4, -0.2) is 29.5 Å². The first-order valence-electron chi connectivity index (χ1n) is 8.74. The number of hydrogen-bond acceptors (Lipinski definition) is 2. The zero-order valence-corrected chi connectivity index (χ0v) is 13.8. The fraction of sp³-hybridized carbons (Fsp3) is 0.632. The summed E-state index contributed by atoms with van der Waals surface area (Å²) in [4.78, 5) is 15.2. The van der Waals surface area contributed by atoms with Gasteiger partial charge in [0, 0.05) is 17.6 Å². The maximum Gasteiger partial charge on any atom is 0.254 e. The van der Waals surface area contributed by atoms with E-state index in [1.165, 1.54) is 38.5 Å². The summed E-state index contributed by atoms with van der Waals surface area (Å²) in [5.74, 6) is 1.87. The molecule has 0 aliphatic heterocycles. The second-order valence-electron chi connectivity index (χ2n) is 6.81. The van der Waals surface area contributed by atoms with Crippen LogP contribution in [0.15, 0.2) is 24.3 Å². The van der Waals surface area contributed by atoms with Crippen LogP contribution in [0.4, 0.5) is 0 Å². The summed E-state index contributed by atoms with van der Waals surface area (Å²) in [6.45, 7) is 4.95. The number of benzene rings is 1. The highest BCUT2D eigenvalue weighted by atomic mass is 16.5. The van der Waals surface area contributed by atoms with Crippen LogP contribution in [0.25, 0.3) is 0 Å². The first-order valence-corrected chi connectivity index (χ1v) is 8.74. The molecule has 0 saturated heterocycles. The molecule has 0 atom stereocenters. The van der Waals surface area contributed by atoms with Crippen molar-refractivity contribution in [3.8, 4) is 5.75 Å². The van der Waals surface area contributed by atoms with Crippen molar-refractivity contribution in [3.05, 3.63) is 29.8 Å². The van der Waals surface area contributed by atoms with Gasteiger partial charge in [0.05, 0.1) is 6.61 Å². The summed E-state index contributed by atoms with van der Waals surface area (Å²) in [6, 6.07) is 8.57. The van der Waals surface area contributed by atoms with Gasteiger partial charge in [0.2, 0.25) is 0 Å². The van der Waals surface area contributed by atoms with E-state index in [-0.39, 0.29) is 5.91 Å². The molecular formula is C19H27NO2. The predicted octanol–water partition coefficient (Wildman–Crippen LogP) is 4.27. The highest BCUT2D eigenvalue weighted by Crippen LogP contribution is 2.36. The maximum atomic E-state index is 13.0. The maximum absolute atomic E-state index is 13.0. The minimum atomic E-state index is 0.213. The Bertz CT molecular complexity index is 499. The van der Waals surface area contributed by atoms with Crippen molar-refractivity contribution in [3.63, 3.8) is 0 Å². The van der Waals surface area contributed by atoms with Gasteiger partial charge >= 0.3 is 0 Å². The number of rotatable bonds is 5. The average Bonchev–Trinajstić information content (AvgIpc) is 3.35. The quantitative estimate of drug-likeness (QED) is 0.813. The molecule has 120 valence electrons. The Hall–Kier alpha value is -1.51. The van der Waals surface area contributed by atoms with Crippen LogP contribution in [0, 0.1) is 5.92 Å². The second-order valence-corrected chi connectivity index (χ2v) is 6.81. The zero-order valence-electron chi connectivity index (χ0n) is 13.8. The topological polar surface area (TPSA) is 29.5 Å². The number of carbonyl (C=O) groups is 1. The predicted molar refractivity (Wildman–Crippen MR) is 88.2 cm³/mol. The van der Waals surface area contributed by atoms with Crippen LogP contribution in [-0.2, 0) is 0 Å². The van der Waals surface area contributed by atoms with E-state index in [2.05, 4.69) is 11.8 Å². The van der Waals surface area contributed by atoms with Gasteiger partial charge in [-0.15, -0.1) is 0 Å². The first-order chi connectivity index (χ1) is 10.7. The Morgan fingerprint density at radius 3 is 2.09 bits per heavy atom. The molecular weight excluding hydrogens is 274 g/mol. The van der Waals surface area contributed by atoms with Gasteiger partial charge in [0.15, 0.2) is 0 Å². The summed E-state index contributed by atoms with van der Waals surface area (Å²) in [5.41, 5.74) is 0.800. The zero-order chi connectivity index (χ0) is 15.5. The number of ether oxygens (including phenoxy) is 1. The van der Waals surface area contributed by atoms with Crippen LogP contribution < -0.4 is 4.74 Å². The molecule has 2 saturated carbocycles. The Morgan fingerprint density at radius 1 is 1.05 bits per heavy atom. The van der Waals surface area contributed by atoms with Crippen LogP contribution in [0.3, 0.4) is 0 Å². The Balaban J connectivity index is 1.72. The molecule has 3 heteroatoms. The molecule has 0 aromatic heterocycles. The van der Waals surface area contributed by atoms with Gasteiger partial charge in [-0.25, -0.2) is 0 Å². The number of carbonyl (C=O) groups excluding carboxylic acids is 1. The summed E-state index contributed by atoms with van der Waals surface area (Å²) >= 11 is 0. The molecule has 3 nitrogen and oxygen atoms in total. The van der Waals surface area contributed by atoms with Gasteiger partial charge in [0.25, 0.3) is 5.91 Å². The van der Waals surface area contributed by atoms with Crippen LogP contribution in [0.2, 0.25) is 0 Å². The second kappa shape index (κ2) is 6.72. The van der Waals surface area contributed by atoms with E-state index in [4.69, 9.17) is 4.74 Å². The van der Waals surface area contributed by atoms with Crippen molar-refractivity contribution < 1.29 is 9.53 Å². The van der Waals surface area contributed by atoms with E-state index in [1.807, 2.05) is 31.2 Å². The lowest BCUT2D eigenvalue weighted by Crippen LogP contribution is -2.43. The minimum Gasteiger partial charge on any atom is -0.494 e. The number of hydrogen-bond donors (Lipinski definition) is 0. The van der Waals surface area contributed by atoms with Crippen molar-refractivity contribution in [1.29, 1.82) is 0 Å². The van der Waals surface area contributed by atoms with Crippen molar-refractivity contribution in [2.75, 3.05) is 6.61 Å². The highest BCUT2D eigenvalue weighted by molar-refractivity contribution is 5.95. The first kappa shape index (κ1) is 15.4. The molecule has 0 unspecified atom stereocenters. The molecule has 0 heterocycles. The van der Waals surface area contributed by atoms with E-state index in [1.54, 1.807) is 0 Å². The van der Waals surface area contributed by atoms with Crippen molar-refractivity contribution in [1.82, 2.24) is 4.90 Å². The Morgan fingerprint density at radius 2 is 1.59 bits per heavy atom. The SMILES string of the molecule is CCOc1ccc(C(=O)N(C2CCC(C)CC2)C2CC2)cc1.